The molecule has 0 fully saturated rings. The van der Waals surface area contributed by atoms with Gasteiger partial charge < -0.3 is 10.4 Å². The van der Waals surface area contributed by atoms with Gasteiger partial charge in [0.05, 0.1) is 9.97 Å². The summed E-state index contributed by atoms with van der Waals surface area (Å²) in [6, 6.07) is 9.46. The van der Waals surface area contributed by atoms with Crippen LogP contribution in [0, 0.1) is 0 Å². The van der Waals surface area contributed by atoms with Crippen LogP contribution in [0.2, 0.25) is 0 Å². The maximum Gasteiger partial charge on any atom is 0.405 e. The summed E-state index contributed by atoms with van der Waals surface area (Å²) in [5.74, 6) is 0. The van der Waals surface area contributed by atoms with Crippen molar-refractivity contribution in [1.82, 2.24) is 5.32 Å². The van der Waals surface area contributed by atoms with Crippen molar-refractivity contribution in [1.29, 1.82) is 0 Å². The summed E-state index contributed by atoms with van der Waals surface area (Å²) < 4.78 is 0.0531. The topological polar surface area (TPSA) is 49.3 Å². The molecule has 0 aliphatic carbocycles. The van der Waals surface area contributed by atoms with Crippen LogP contribution in [-0.2, 0) is 0 Å². The van der Waals surface area contributed by atoms with E-state index in [1.165, 1.54) is 0 Å². The Morgan fingerprint density at radius 3 is 2.53 bits per heavy atom. The number of alkyl halides is 1. The van der Waals surface area contributed by atoms with Crippen LogP contribution in [0.15, 0.2) is 43.0 Å². The summed E-state index contributed by atoms with van der Waals surface area (Å²) in [6.45, 7) is 3.63. The Kier molecular flexibility index (Phi) is 4.61. The first-order chi connectivity index (χ1) is 7.15. The number of hydrogen-bond acceptors (Lipinski definition) is 1. The van der Waals surface area contributed by atoms with Crippen LogP contribution in [-0.4, -0.2) is 17.2 Å². The third kappa shape index (κ3) is 3.54. The molecule has 15 heavy (non-hydrogen) atoms. The molecule has 2 atom stereocenters. The fraction of sp³-hybridized carbons (Fsp3) is 0.182. The predicted molar refractivity (Wildman–Crippen MR) is 68.3 cm³/mol. The quantitative estimate of drug-likeness (QED) is 0.509. The Morgan fingerprint density at radius 2 is 2.07 bits per heavy atom. The summed E-state index contributed by atoms with van der Waals surface area (Å²) in [5, 5.41) is 11.1. The van der Waals surface area contributed by atoms with Gasteiger partial charge in [0.25, 0.3) is 0 Å². The molecule has 0 aromatic heterocycles. The maximum atomic E-state index is 10.5. The van der Waals surface area contributed by atoms with Gasteiger partial charge in [-0.3, -0.25) is 0 Å². The van der Waals surface area contributed by atoms with Crippen LogP contribution in [0.25, 0.3) is 0 Å². The van der Waals surface area contributed by atoms with Gasteiger partial charge in [0.1, 0.15) is 0 Å². The second kappa shape index (κ2) is 5.75. The minimum atomic E-state index is -1.03. The zero-order valence-corrected chi connectivity index (χ0v) is 10.2. The fourth-order valence-electron chi connectivity index (χ4n) is 1.24. The van der Waals surface area contributed by atoms with Crippen molar-refractivity contribution in [3.05, 3.63) is 48.6 Å². The van der Waals surface area contributed by atoms with Crippen LogP contribution in [0.1, 0.15) is 9.49 Å². The predicted octanol–water partition coefficient (Wildman–Crippen LogP) is 2.98. The van der Waals surface area contributed by atoms with E-state index < -0.39 is 6.09 Å². The van der Waals surface area contributed by atoms with E-state index in [1.54, 1.807) is 6.08 Å². The molecule has 4 heteroatoms. The van der Waals surface area contributed by atoms with Crippen LogP contribution in [0.4, 0.5) is 4.79 Å². The van der Waals surface area contributed by atoms with Crippen molar-refractivity contribution in [3.63, 3.8) is 0 Å². The summed E-state index contributed by atoms with van der Waals surface area (Å²) >= 11 is 2.21. The van der Waals surface area contributed by atoms with Gasteiger partial charge in [-0.25, -0.2) is 4.79 Å². The Hall–Kier alpha value is -1.04. The Labute approximate surface area is 102 Å². The molecule has 1 rings (SSSR count). The molecule has 3 nitrogen and oxygen atoms in total. The molecule has 0 aliphatic rings. The molecule has 0 saturated heterocycles. The SMILES string of the molecule is C=CC(NC(=O)O)C(I)c1ccccc1. The molecule has 80 valence electrons. The van der Waals surface area contributed by atoms with Crippen molar-refractivity contribution >= 4 is 28.7 Å². The smallest absolute Gasteiger partial charge is 0.405 e. The first-order valence-corrected chi connectivity index (χ1v) is 5.70. The molecule has 0 spiro atoms. The summed E-state index contributed by atoms with van der Waals surface area (Å²) in [7, 11) is 0. The Bertz CT molecular complexity index is 340. The standard InChI is InChI=1S/C11H12INO2/c1-2-9(13-11(14)15)10(12)8-6-4-3-5-7-8/h2-7,9-10,13H,1H2,(H,14,15). The number of benzene rings is 1. The molecule has 2 N–H and O–H groups in total. The van der Waals surface area contributed by atoms with E-state index in [0.29, 0.717) is 0 Å². The van der Waals surface area contributed by atoms with E-state index in [0.717, 1.165) is 5.56 Å². The number of nitrogens with one attached hydrogen (secondary N) is 1. The molecule has 0 aliphatic heterocycles. The zero-order valence-electron chi connectivity index (χ0n) is 8.06. The lowest BCUT2D eigenvalue weighted by Crippen LogP contribution is -2.34. The second-order valence-electron chi connectivity index (χ2n) is 3.02. The highest BCUT2D eigenvalue weighted by atomic mass is 127. The number of halogens is 1. The molecule has 1 aromatic rings. The monoisotopic (exact) mass is 317 g/mol. The highest BCUT2D eigenvalue weighted by Gasteiger charge is 2.18. The van der Waals surface area contributed by atoms with Gasteiger partial charge in [0, 0.05) is 0 Å². The maximum absolute atomic E-state index is 10.5. The molecule has 0 radical (unpaired) electrons. The highest BCUT2D eigenvalue weighted by molar-refractivity contribution is 14.1. The summed E-state index contributed by atoms with van der Waals surface area (Å²) in [5.41, 5.74) is 1.08. The van der Waals surface area contributed by atoms with E-state index in [1.807, 2.05) is 30.3 Å². The molecule has 0 bridgehead atoms. The van der Waals surface area contributed by atoms with Gasteiger partial charge in [-0.2, -0.15) is 0 Å². The minimum Gasteiger partial charge on any atom is -0.465 e. The van der Waals surface area contributed by atoms with Crippen LogP contribution < -0.4 is 5.32 Å². The van der Waals surface area contributed by atoms with Crippen molar-refractivity contribution in [3.8, 4) is 0 Å². The molecule has 0 saturated carbocycles. The minimum absolute atomic E-state index is 0.0531. The third-order valence-corrected chi connectivity index (χ3v) is 3.47. The van der Waals surface area contributed by atoms with Gasteiger partial charge in [-0.05, 0) is 5.56 Å². The van der Waals surface area contributed by atoms with Crippen LogP contribution in [0.3, 0.4) is 0 Å². The largest absolute Gasteiger partial charge is 0.465 e. The average Bonchev–Trinajstić information content (AvgIpc) is 2.26. The number of carbonyl (C=O) groups is 1. The lowest BCUT2D eigenvalue weighted by molar-refractivity contribution is 0.192. The Morgan fingerprint density at radius 1 is 1.47 bits per heavy atom. The second-order valence-corrected chi connectivity index (χ2v) is 4.37. The number of hydrogen-bond donors (Lipinski definition) is 2. The van der Waals surface area contributed by atoms with E-state index in [2.05, 4.69) is 34.5 Å². The van der Waals surface area contributed by atoms with Gasteiger partial charge in [0.15, 0.2) is 0 Å². The van der Waals surface area contributed by atoms with Crippen LogP contribution >= 0.6 is 22.6 Å². The number of rotatable bonds is 4. The first-order valence-electron chi connectivity index (χ1n) is 4.46. The number of amides is 1. The van der Waals surface area contributed by atoms with E-state index in [9.17, 15) is 4.79 Å². The lowest BCUT2D eigenvalue weighted by Gasteiger charge is -2.19. The molecule has 0 heterocycles. The molecule has 2 unspecified atom stereocenters. The molecular weight excluding hydrogens is 305 g/mol. The number of carboxylic acid groups (broad SMARTS) is 1. The van der Waals surface area contributed by atoms with Crippen molar-refractivity contribution in [2.45, 2.75) is 9.97 Å². The third-order valence-electron chi connectivity index (χ3n) is 1.98. The molecular formula is C11H12INO2. The fourth-order valence-corrected chi connectivity index (χ4v) is 2.13. The molecule has 1 amide bonds. The Balaban J connectivity index is 2.77. The normalized spacial score (nSPS) is 13.9. The summed E-state index contributed by atoms with van der Waals surface area (Å²) in [6.07, 6.45) is 0.579. The van der Waals surface area contributed by atoms with E-state index in [-0.39, 0.29) is 9.97 Å². The highest BCUT2D eigenvalue weighted by Crippen LogP contribution is 2.27. The average molecular weight is 317 g/mol. The van der Waals surface area contributed by atoms with Gasteiger partial charge >= 0.3 is 6.09 Å². The molecule has 1 aromatic carbocycles. The van der Waals surface area contributed by atoms with E-state index in [4.69, 9.17) is 5.11 Å². The first kappa shape index (κ1) is 12.0. The van der Waals surface area contributed by atoms with Crippen molar-refractivity contribution in [2.75, 3.05) is 0 Å². The summed E-state index contributed by atoms with van der Waals surface area (Å²) in [4.78, 5) is 10.5. The van der Waals surface area contributed by atoms with Crippen molar-refractivity contribution in [2.24, 2.45) is 0 Å². The van der Waals surface area contributed by atoms with E-state index >= 15 is 0 Å². The van der Waals surface area contributed by atoms with Gasteiger partial charge in [-0.1, -0.05) is 59.0 Å². The lowest BCUT2D eigenvalue weighted by atomic mass is 10.1. The van der Waals surface area contributed by atoms with Crippen molar-refractivity contribution < 1.29 is 9.90 Å². The van der Waals surface area contributed by atoms with Gasteiger partial charge in [0.2, 0.25) is 0 Å². The van der Waals surface area contributed by atoms with Crippen LogP contribution in [0.5, 0.6) is 0 Å². The zero-order chi connectivity index (χ0) is 11.3. The van der Waals surface area contributed by atoms with Gasteiger partial charge in [-0.15, -0.1) is 6.58 Å².